The molecule has 0 aliphatic carbocycles. The Balaban J connectivity index is 1.85. The fourth-order valence-electron chi connectivity index (χ4n) is 1.74. The van der Waals surface area contributed by atoms with Gasteiger partial charge in [-0.25, -0.2) is 5.43 Å². The number of carbonyl (C=O) groups excluding carboxylic acids is 2. The Bertz CT molecular complexity index is 794. The summed E-state index contributed by atoms with van der Waals surface area (Å²) in [6, 6.07) is 10.9. The third kappa shape index (κ3) is 4.97. The predicted octanol–water partition coefficient (Wildman–Crippen LogP) is 2.58. The number of rotatable bonds is 5. The van der Waals surface area contributed by atoms with Gasteiger partial charge in [-0.15, -0.1) is 0 Å². The van der Waals surface area contributed by atoms with Crippen molar-refractivity contribution >= 4 is 41.2 Å². The minimum absolute atomic E-state index is 0.0237. The van der Waals surface area contributed by atoms with E-state index < -0.39 is 11.8 Å². The second-order valence-corrected chi connectivity index (χ2v) is 5.50. The summed E-state index contributed by atoms with van der Waals surface area (Å²) in [5.41, 5.74) is 2.85. The van der Waals surface area contributed by atoms with E-state index in [0.717, 1.165) is 0 Å². The van der Waals surface area contributed by atoms with Crippen LogP contribution in [0.25, 0.3) is 0 Å². The summed E-state index contributed by atoms with van der Waals surface area (Å²) in [5, 5.41) is 16.4. The number of phenols is 1. The molecule has 0 heterocycles. The van der Waals surface area contributed by atoms with E-state index in [4.69, 9.17) is 23.2 Å². The molecule has 24 heavy (non-hydrogen) atoms. The molecule has 2 rings (SSSR count). The molecular weight excluding hydrogens is 353 g/mol. The van der Waals surface area contributed by atoms with Crippen LogP contribution in [0, 0.1) is 0 Å². The lowest BCUT2D eigenvalue weighted by Gasteiger charge is -2.05. The van der Waals surface area contributed by atoms with Crippen LogP contribution < -0.4 is 10.7 Å². The van der Waals surface area contributed by atoms with Gasteiger partial charge in [-0.1, -0.05) is 35.3 Å². The second-order valence-electron chi connectivity index (χ2n) is 4.66. The first-order chi connectivity index (χ1) is 11.5. The maximum absolute atomic E-state index is 11.9. The molecule has 6 nitrogen and oxygen atoms in total. The van der Waals surface area contributed by atoms with Crippen LogP contribution in [-0.4, -0.2) is 29.7 Å². The van der Waals surface area contributed by atoms with E-state index in [-0.39, 0.29) is 17.9 Å². The number of benzene rings is 2. The first kappa shape index (κ1) is 17.8. The number of hydrazone groups is 1. The van der Waals surface area contributed by atoms with Gasteiger partial charge in [0.2, 0.25) is 0 Å². The van der Waals surface area contributed by atoms with Crippen LogP contribution in [0.3, 0.4) is 0 Å². The van der Waals surface area contributed by atoms with Crippen LogP contribution in [0.4, 0.5) is 0 Å². The van der Waals surface area contributed by atoms with Gasteiger partial charge in [0.1, 0.15) is 5.75 Å². The predicted molar refractivity (Wildman–Crippen MR) is 92.6 cm³/mol. The molecule has 0 aliphatic rings. The van der Waals surface area contributed by atoms with E-state index in [9.17, 15) is 14.7 Å². The zero-order valence-electron chi connectivity index (χ0n) is 12.3. The van der Waals surface area contributed by atoms with Gasteiger partial charge in [0.25, 0.3) is 11.8 Å². The summed E-state index contributed by atoms with van der Waals surface area (Å²) in [5.74, 6) is -1.02. The molecule has 0 saturated heterocycles. The number of carbonyl (C=O) groups is 2. The average molecular weight is 366 g/mol. The van der Waals surface area contributed by atoms with Crippen molar-refractivity contribution in [2.24, 2.45) is 5.10 Å². The van der Waals surface area contributed by atoms with Crippen molar-refractivity contribution in [2.75, 3.05) is 6.54 Å². The zero-order valence-corrected chi connectivity index (χ0v) is 13.8. The van der Waals surface area contributed by atoms with E-state index in [1.807, 2.05) is 0 Å². The van der Waals surface area contributed by atoms with Crippen molar-refractivity contribution in [3.8, 4) is 5.75 Å². The van der Waals surface area contributed by atoms with Crippen molar-refractivity contribution in [3.63, 3.8) is 0 Å². The van der Waals surface area contributed by atoms with Crippen molar-refractivity contribution in [1.29, 1.82) is 0 Å². The Hall–Kier alpha value is -2.57. The number of halogens is 2. The summed E-state index contributed by atoms with van der Waals surface area (Å²) in [6.07, 6.45) is 1.25. The quantitative estimate of drug-likeness (QED) is 0.561. The van der Waals surface area contributed by atoms with E-state index in [1.54, 1.807) is 24.3 Å². The number of nitrogens with one attached hydrogen (secondary N) is 2. The lowest BCUT2D eigenvalue weighted by atomic mass is 10.2. The molecule has 0 aliphatic heterocycles. The number of hydrogen-bond acceptors (Lipinski definition) is 4. The van der Waals surface area contributed by atoms with Crippen LogP contribution in [0.5, 0.6) is 5.75 Å². The first-order valence-electron chi connectivity index (χ1n) is 6.80. The van der Waals surface area contributed by atoms with E-state index in [2.05, 4.69) is 15.8 Å². The fourth-order valence-corrected chi connectivity index (χ4v) is 2.15. The maximum atomic E-state index is 11.9. The summed E-state index contributed by atoms with van der Waals surface area (Å²) in [6.45, 7) is -0.275. The molecule has 0 spiro atoms. The van der Waals surface area contributed by atoms with Crippen molar-refractivity contribution in [2.45, 2.75) is 0 Å². The molecule has 0 unspecified atom stereocenters. The maximum Gasteiger partial charge on any atom is 0.259 e. The fraction of sp³-hybridized carbons (Fsp3) is 0.0625. The van der Waals surface area contributed by atoms with Crippen LogP contribution in [0.2, 0.25) is 10.0 Å². The SMILES string of the molecule is O=C(CNC(=O)c1ccccc1Cl)N/N=C\c1cc(Cl)ccc1O. The largest absolute Gasteiger partial charge is 0.507 e. The Morgan fingerprint density at radius 2 is 1.92 bits per heavy atom. The number of aromatic hydroxyl groups is 1. The molecule has 2 amide bonds. The Morgan fingerprint density at radius 1 is 1.17 bits per heavy atom. The molecule has 0 saturated carbocycles. The summed E-state index contributed by atoms with van der Waals surface area (Å²) in [7, 11) is 0. The van der Waals surface area contributed by atoms with E-state index in [1.165, 1.54) is 24.4 Å². The number of amides is 2. The lowest BCUT2D eigenvalue weighted by molar-refractivity contribution is -0.120. The van der Waals surface area contributed by atoms with E-state index in [0.29, 0.717) is 15.6 Å². The topological polar surface area (TPSA) is 90.8 Å². The first-order valence-corrected chi connectivity index (χ1v) is 7.56. The van der Waals surface area contributed by atoms with Gasteiger partial charge in [-0.3, -0.25) is 9.59 Å². The molecule has 0 fully saturated rings. The second kappa shape index (κ2) is 8.33. The van der Waals surface area contributed by atoms with Gasteiger partial charge in [0, 0.05) is 10.6 Å². The third-order valence-electron chi connectivity index (χ3n) is 2.91. The number of phenolic OH excluding ortho intramolecular Hbond substituents is 1. The van der Waals surface area contributed by atoms with Crippen LogP contribution >= 0.6 is 23.2 Å². The molecule has 0 bridgehead atoms. The van der Waals surface area contributed by atoms with Gasteiger partial charge in [-0.05, 0) is 30.3 Å². The molecule has 0 atom stereocenters. The lowest BCUT2D eigenvalue weighted by Crippen LogP contribution is -2.35. The molecule has 0 radical (unpaired) electrons. The summed E-state index contributed by atoms with van der Waals surface area (Å²) in [4.78, 5) is 23.5. The monoisotopic (exact) mass is 365 g/mol. The highest BCUT2D eigenvalue weighted by Crippen LogP contribution is 2.19. The smallest absolute Gasteiger partial charge is 0.259 e. The van der Waals surface area contributed by atoms with Gasteiger partial charge in [-0.2, -0.15) is 5.10 Å². The molecule has 3 N–H and O–H groups in total. The number of nitrogens with zero attached hydrogens (tertiary/aromatic N) is 1. The Morgan fingerprint density at radius 3 is 2.67 bits per heavy atom. The zero-order chi connectivity index (χ0) is 17.5. The minimum Gasteiger partial charge on any atom is -0.507 e. The normalized spacial score (nSPS) is 10.6. The van der Waals surface area contributed by atoms with Crippen LogP contribution in [0.1, 0.15) is 15.9 Å². The van der Waals surface area contributed by atoms with Gasteiger partial charge >= 0.3 is 0 Å². The minimum atomic E-state index is -0.534. The molecule has 2 aromatic carbocycles. The van der Waals surface area contributed by atoms with Gasteiger partial charge < -0.3 is 10.4 Å². The average Bonchev–Trinajstić information content (AvgIpc) is 2.56. The molecular formula is C16H13Cl2N3O3. The highest BCUT2D eigenvalue weighted by molar-refractivity contribution is 6.33. The van der Waals surface area contributed by atoms with Gasteiger partial charge in [0.15, 0.2) is 0 Å². The van der Waals surface area contributed by atoms with Gasteiger partial charge in [0.05, 0.1) is 23.3 Å². The van der Waals surface area contributed by atoms with Crippen molar-refractivity contribution in [3.05, 3.63) is 63.6 Å². The summed E-state index contributed by atoms with van der Waals surface area (Å²) >= 11 is 11.7. The van der Waals surface area contributed by atoms with Crippen LogP contribution in [0.15, 0.2) is 47.6 Å². The molecule has 2 aromatic rings. The Kier molecular flexibility index (Phi) is 6.17. The Labute approximate surface area is 148 Å². The third-order valence-corrected chi connectivity index (χ3v) is 3.48. The summed E-state index contributed by atoms with van der Waals surface area (Å²) < 4.78 is 0. The van der Waals surface area contributed by atoms with Crippen molar-refractivity contribution in [1.82, 2.24) is 10.7 Å². The molecule has 0 aromatic heterocycles. The molecule has 124 valence electrons. The number of hydrogen-bond donors (Lipinski definition) is 3. The standard InChI is InChI=1S/C16H13Cl2N3O3/c17-11-5-6-14(22)10(7-11)8-20-21-15(23)9-19-16(24)12-3-1-2-4-13(12)18/h1-8,22H,9H2,(H,19,24)(H,21,23)/b20-8-. The highest BCUT2D eigenvalue weighted by atomic mass is 35.5. The van der Waals surface area contributed by atoms with E-state index >= 15 is 0 Å². The molecule has 8 heteroatoms. The highest BCUT2D eigenvalue weighted by Gasteiger charge is 2.10. The van der Waals surface area contributed by atoms with Crippen molar-refractivity contribution < 1.29 is 14.7 Å². The van der Waals surface area contributed by atoms with Crippen LogP contribution in [-0.2, 0) is 4.79 Å².